The smallest absolute Gasteiger partial charge is 0.157 e. The Morgan fingerprint density at radius 2 is 0.721 bits per heavy atom. The van der Waals surface area contributed by atoms with Gasteiger partial charge < -0.3 is 15.1 Å². The molecule has 2 N–H and O–H groups in total. The van der Waals surface area contributed by atoms with Gasteiger partial charge in [0.25, 0.3) is 0 Å². The molecular weight excluding hydrogens is 526 g/mol. The average Bonchev–Trinajstić information content (AvgIpc) is 3.01. The fraction of sp³-hybridized carbons (Fsp3) is 0.850. The first-order chi connectivity index (χ1) is 21.2. The maximum absolute atomic E-state index is 9.89. The maximum Gasteiger partial charge on any atom is 0.157 e. The Morgan fingerprint density at radius 1 is 0.395 bits per heavy atom. The summed E-state index contributed by atoms with van der Waals surface area (Å²) in [6.45, 7) is 8.02. The summed E-state index contributed by atoms with van der Waals surface area (Å²) in [6.07, 6.45) is 40.4. The molecule has 0 spiro atoms. The van der Waals surface area contributed by atoms with Crippen molar-refractivity contribution in [1.82, 2.24) is 4.90 Å². The van der Waals surface area contributed by atoms with E-state index in [-0.39, 0.29) is 11.5 Å². The Bertz CT molecular complexity index is 674. The number of nitrogens with zero attached hydrogens (tertiary/aromatic N) is 1. The number of aromatic hydroxyl groups is 2. The number of hydrogen-bond donors (Lipinski definition) is 2. The molecule has 0 aliphatic heterocycles. The van der Waals surface area contributed by atoms with Crippen molar-refractivity contribution in [3.63, 3.8) is 0 Å². The summed E-state index contributed by atoms with van der Waals surface area (Å²) in [4.78, 5) is 2.66. The minimum absolute atomic E-state index is 0.00278. The maximum atomic E-state index is 9.89. The van der Waals surface area contributed by atoms with Gasteiger partial charge in [0.1, 0.15) is 0 Å². The van der Waals surface area contributed by atoms with Gasteiger partial charge in [-0.3, -0.25) is 0 Å². The molecule has 0 aromatic heterocycles. The van der Waals surface area contributed by atoms with Crippen LogP contribution in [0.4, 0.5) is 0 Å². The standard InChI is InChI=1S/C40H75NO2/c1-3-5-7-9-11-13-15-17-19-21-23-25-27-29-34-41(36-33-38-31-32-39(42)40(43)37-38)35-30-28-26-24-22-20-18-16-14-12-10-8-6-4-2/h31-32,37,42-43H,3-30,33-36H2,1-2H3. The van der Waals surface area contributed by atoms with Crippen LogP contribution in [0.25, 0.3) is 0 Å². The molecule has 1 rings (SSSR count). The van der Waals surface area contributed by atoms with Crippen molar-refractivity contribution >= 4 is 0 Å². The van der Waals surface area contributed by atoms with Crippen molar-refractivity contribution in [2.24, 2.45) is 0 Å². The van der Waals surface area contributed by atoms with Crippen LogP contribution in [0.2, 0.25) is 0 Å². The summed E-state index contributed by atoms with van der Waals surface area (Å²) in [5.41, 5.74) is 1.11. The van der Waals surface area contributed by atoms with Crippen LogP contribution in [-0.4, -0.2) is 34.7 Å². The van der Waals surface area contributed by atoms with Crippen LogP contribution in [0.1, 0.15) is 199 Å². The number of unbranched alkanes of at least 4 members (excludes halogenated alkanes) is 26. The van der Waals surface area contributed by atoms with Gasteiger partial charge in [-0.2, -0.15) is 0 Å². The predicted octanol–water partition coefficient (Wildman–Crippen LogP) is 12.9. The number of rotatable bonds is 33. The quantitative estimate of drug-likeness (QED) is 0.0622. The lowest BCUT2D eigenvalue weighted by molar-refractivity contribution is 0.263. The predicted molar refractivity (Wildman–Crippen MR) is 191 cm³/mol. The first-order valence-corrected chi connectivity index (χ1v) is 19.4. The van der Waals surface area contributed by atoms with Crippen molar-refractivity contribution in [3.05, 3.63) is 23.8 Å². The van der Waals surface area contributed by atoms with Crippen LogP contribution in [-0.2, 0) is 6.42 Å². The van der Waals surface area contributed by atoms with Gasteiger partial charge in [0.05, 0.1) is 0 Å². The Kier molecular flexibility index (Phi) is 28.5. The van der Waals surface area contributed by atoms with Gasteiger partial charge in [0, 0.05) is 6.54 Å². The Hall–Kier alpha value is -1.22. The third kappa shape index (κ3) is 25.8. The Morgan fingerprint density at radius 3 is 1.05 bits per heavy atom. The second-order valence-electron chi connectivity index (χ2n) is 13.6. The molecule has 0 atom stereocenters. The normalized spacial score (nSPS) is 11.6. The third-order valence-corrected chi connectivity index (χ3v) is 9.41. The highest BCUT2D eigenvalue weighted by molar-refractivity contribution is 5.40. The highest BCUT2D eigenvalue weighted by Crippen LogP contribution is 2.25. The van der Waals surface area contributed by atoms with Crippen molar-refractivity contribution in [2.75, 3.05) is 19.6 Å². The van der Waals surface area contributed by atoms with E-state index in [1.54, 1.807) is 12.1 Å². The van der Waals surface area contributed by atoms with Crippen LogP contribution in [0, 0.1) is 0 Å². The summed E-state index contributed by atoms with van der Waals surface area (Å²) in [5, 5.41) is 19.5. The van der Waals surface area contributed by atoms with Crippen LogP contribution in [0.15, 0.2) is 18.2 Å². The van der Waals surface area contributed by atoms with Crippen LogP contribution in [0.3, 0.4) is 0 Å². The molecule has 0 saturated carbocycles. The topological polar surface area (TPSA) is 43.7 Å². The van der Waals surface area contributed by atoms with E-state index in [1.807, 2.05) is 6.07 Å². The van der Waals surface area contributed by atoms with Gasteiger partial charge in [-0.1, -0.05) is 187 Å². The summed E-state index contributed by atoms with van der Waals surface area (Å²) >= 11 is 0. The van der Waals surface area contributed by atoms with Crippen molar-refractivity contribution in [3.8, 4) is 11.5 Å². The van der Waals surface area contributed by atoms with Gasteiger partial charge in [-0.15, -0.1) is 0 Å². The molecule has 3 nitrogen and oxygen atoms in total. The van der Waals surface area contributed by atoms with Crippen LogP contribution < -0.4 is 0 Å². The SMILES string of the molecule is CCCCCCCCCCCCCCCCN(CCCCCCCCCCCCCCCC)CCc1ccc(O)c(O)c1. The Balaban J connectivity index is 2.13. The number of phenols is 2. The molecule has 1 aromatic carbocycles. The van der Waals surface area contributed by atoms with Crippen molar-refractivity contribution in [2.45, 2.75) is 200 Å². The molecule has 0 bridgehead atoms. The minimum atomic E-state index is -0.0228. The molecule has 0 heterocycles. The van der Waals surface area contributed by atoms with Crippen molar-refractivity contribution < 1.29 is 10.2 Å². The first kappa shape index (κ1) is 39.8. The van der Waals surface area contributed by atoms with Gasteiger partial charge in [-0.25, -0.2) is 0 Å². The van der Waals surface area contributed by atoms with Gasteiger partial charge in [-0.05, 0) is 50.0 Å². The largest absolute Gasteiger partial charge is 0.504 e. The van der Waals surface area contributed by atoms with Gasteiger partial charge >= 0.3 is 0 Å². The van der Waals surface area contributed by atoms with E-state index in [0.717, 1.165) is 18.5 Å². The van der Waals surface area contributed by atoms with E-state index in [0.29, 0.717) is 0 Å². The lowest BCUT2D eigenvalue weighted by Gasteiger charge is -2.22. The monoisotopic (exact) mass is 602 g/mol. The fourth-order valence-electron chi connectivity index (χ4n) is 6.41. The molecule has 0 aliphatic carbocycles. The zero-order chi connectivity index (χ0) is 31.1. The van der Waals surface area contributed by atoms with E-state index in [1.165, 1.54) is 193 Å². The van der Waals surface area contributed by atoms with Gasteiger partial charge in [0.15, 0.2) is 11.5 Å². The van der Waals surface area contributed by atoms with Crippen molar-refractivity contribution in [1.29, 1.82) is 0 Å². The molecule has 0 aliphatic rings. The lowest BCUT2D eigenvalue weighted by Crippen LogP contribution is -2.28. The average molecular weight is 602 g/mol. The molecule has 0 radical (unpaired) electrons. The van der Waals surface area contributed by atoms with E-state index in [4.69, 9.17) is 0 Å². The zero-order valence-electron chi connectivity index (χ0n) is 29.2. The molecule has 252 valence electrons. The second-order valence-corrected chi connectivity index (χ2v) is 13.6. The number of hydrogen-bond acceptors (Lipinski definition) is 3. The molecule has 1 aromatic rings. The highest BCUT2D eigenvalue weighted by Gasteiger charge is 2.07. The molecule has 3 heteroatoms. The molecule has 0 unspecified atom stereocenters. The summed E-state index contributed by atoms with van der Waals surface area (Å²) in [7, 11) is 0. The van der Waals surface area contributed by atoms with Gasteiger partial charge in [0.2, 0.25) is 0 Å². The molecular formula is C40H75NO2. The highest BCUT2D eigenvalue weighted by atomic mass is 16.3. The first-order valence-electron chi connectivity index (χ1n) is 19.4. The summed E-state index contributed by atoms with van der Waals surface area (Å²) < 4.78 is 0. The molecule has 43 heavy (non-hydrogen) atoms. The number of benzene rings is 1. The van der Waals surface area contributed by atoms with E-state index in [9.17, 15) is 10.2 Å². The van der Waals surface area contributed by atoms with Crippen LogP contribution >= 0.6 is 0 Å². The minimum Gasteiger partial charge on any atom is -0.504 e. The Labute approximate surface area is 269 Å². The molecule has 0 fully saturated rings. The zero-order valence-corrected chi connectivity index (χ0v) is 29.2. The van der Waals surface area contributed by atoms with E-state index >= 15 is 0 Å². The van der Waals surface area contributed by atoms with Crippen LogP contribution in [0.5, 0.6) is 11.5 Å². The second kappa shape index (κ2) is 30.8. The number of phenolic OH excluding ortho intramolecular Hbond substituents is 2. The van der Waals surface area contributed by atoms with E-state index in [2.05, 4.69) is 18.7 Å². The fourth-order valence-corrected chi connectivity index (χ4v) is 6.41. The van der Waals surface area contributed by atoms with E-state index < -0.39 is 0 Å². The lowest BCUT2D eigenvalue weighted by atomic mass is 10.0. The molecule has 0 amide bonds. The summed E-state index contributed by atoms with van der Waals surface area (Å²) in [5.74, 6) is -0.0200. The third-order valence-electron chi connectivity index (χ3n) is 9.41. The molecule has 0 saturated heterocycles. The summed E-state index contributed by atoms with van der Waals surface area (Å²) in [6, 6.07) is 5.30.